The van der Waals surface area contributed by atoms with Crippen LogP contribution in [0.15, 0.2) is 24.4 Å². The molecule has 2 aromatic rings. The first kappa shape index (κ1) is 12.4. The van der Waals surface area contributed by atoms with E-state index in [2.05, 4.69) is 15.0 Å². The largest absolute Gasteiger partial charge is 0.342 e. The van der Waals surface area contributed by atoms with E-state index in [1.54, 1.807) is 6.07 Å². The summed E-state index contributed by atoms with van der Waals surface area (Å²) in [7, 11) is 0. The van der Waals surface area contributed by atoms with E-state index in [-0.39, 0.29) is 5.82 Å². The number of H-pyrrole nitrogens is 1. The van der Waals surface area contributed by atoms with Gasteiger partial charge in [-0.1, -0.05) is 25.1 Å². The lowest BCUT2D eigenvalue weighted by atomic mass is 10.0. The van der Waals surface area contributed by atoms with Crippen molar-refractivity contribution in [1.29, 1.82) is 0 Å². The molecule has 0 spiro atoms. The smallest absolute Gasteiger partial charge is 0.157 e. The molecule has 1 fully saturated rings. The number of halogens is 1. The van der Waals surface area contributed by atoms with E-state index in [4.69, 9.17) is 12.2 Å². The summed E-state index contributed by atoms with van der Waals surface area (Å²) in [5.74, 6) is 0.799. The molecule has 0 saturated heterocycles. The van der Waals surface area contributed by atoms with E-state index in [0.29, 0.717) is 22.1 Å². The Morgan fingerprint density at radius 1 is 1.26 bits per heavy atom. The average Bonchev–Trinajstić information content (AvgIpc) is 2.93. The third kappa shape index (κ3) is 2.71. The van der Waals surface area contributed by atoms with Gasteiger partial charge in [0.1, 0.15) is 16.2 Å². The van der Waals surface area contributed by atoms with Crippen LogP contribution < -0.4 is 0 Å². The lowest BCUT2D eigenvalue weighted by Gasteiger charge is -2.11. The molecule has 0 unspecified atom stereocenters. The van der Waals surface area contributed by atoms with Gasteiger partial charge in [-0.25, -0.2) is 14.4 Å². The van der Waals surface area contributed by atoms with Gasteiger partial charge in [0.2, 0.25) is 0 Å². The molecule has 0 bridgehead atoms. The summed E-state index contributed by atoms with van der Waals surface area (Å²) >= 11 is 5.22. The Bertz CT molecular complexity index is 630. The summed E-state index contributed by atoms with van der Waals surface area (Å²) in [4.78, 5) is 11.6. The van der Waals surface area contributed by atoms with Gasteiger partial charge < -0.3 is 4.98 Å². The summed E-state index contributed by atoms with van der Waals surface area (Å²) in [6.45, 7) is 0. The Balaban J connectivity index is 2.01. The number of nitrogens with zero attached hydrogens (tertiary/aromatic N) is 2. The highest BCUT2D eigenvalue weighted by molar-refractivity contribution is 7.71. The van der Waals surface area contributed by atoms with Gasteiger partial charge >= 0.3 is 0 Å². The van der Waals surface area contributed by atoms with Gasteiger partial charge in [0.05, 0.1) is 6.20 Å². The van der Waals surface area contributed by atoms with Crippen LogP contribution in [0.4, 0.5) is 4.39 Å². The second-order valence-electron chi connectivity index (χ2n) is 4.87. The van der Waals surface area contributed by atoms with Crippen molar-refractivity contribution in [2.75, 3.05) is 0 Å². The molecule has 1 N–H and O–H groups in total. The van der Waals surface area contributed by atoms with Gasteiger partial charge in [0.25, 0.3) is 0 Å². The van der Waals surface area contributed by atoms with E-state index >= 15 is 0 Å². The molecular weight excluding hydrogens is 261 g/mol. The predicted octanol–water partition coefficient (Wildman–Crippen LogP) is 4.00. The molecule has 0 aromatic carbocycles. The maximum absolute atomic E-state index is 12.9. The number of nitrogens with one attached hydrogen (secondary N) is 1. The van der Waals surface area contributed by atoms with Gasteiger partial charge in [0, 0.05) is 5.69 Å². The van der Waals surface area contributed by atoms with Crippen molar-refractivity contribution in [2.24, 2.45) is 0 Å². The van der Waals surface area contributed by atoms with Gasteiger partial charge in [-0.05, 0) is 37.0 Å². The van der Waals surface area contributed by atoms with E-state index in [9.17, 15) is 4.39 Å². The molecule has 1 saturated carbocycles. The zero-order valence-corrected chi connectivity index (χ0v) is 11.2. The van der Waals surface area contributed by atoms with Crippen LogP contribution in [0.3, 0.4) is 0 Å². The zero-order valence-electron chi connectivity index (χ0n) is 10.4. The number of pyridine rings is 1. The van der Waals surface area contributed by atoms with Gasteiger partial charge in [0.15, 0.2) is 5.82 Å². The van der Waals surface area contributed by atoms with Crippen molar-refractivity contribution in [3.8, 4) is 11.5 Å². The third-order valence-corrected chi connectivity index (χ3v) is 3.74. The van der Waals surface area contributed by atoms with Crippen LogP contribution in [-0.2, 0) is 0 Å². The first-order valence-electron chi connectivity index (χ1n) is 6.45. The molecule has 3 rings (SSSR count). The molecule has 98 valence electrons. The van der Waals surface area contributed by atoms with E-state index in [1.807, 2.05) is 6.07 Å². The number of hydrogen-bond acceptors (Lipinski definition) is 3. The standard InChI is InChI=1S/C14H14FN3S/c15-10-5-6-11(16-8-10)14-17-12(7-13(19)18-14)9-3-1-2-4-9/h5-9H,1-4H2,(H,17,18,19). The second-order valence-corrected chi connectivity index (χ2v) is 5.28. The molecule has 2 aromatic heterocycles. The molecule has 0 amide bonds. The minimum atomic E-state index is -0.353. The first-order valence-corrected chi connectivity index (χ1v) is 6.86. The van der Waals surface area contributed by atoms with Crippen molar-refractivity contribution in [2.45, 2.75) is 31.6 Å². The minimum absolute atomic E-state index is 0.353. The maximum atomic E-state index is 12.9. The highest BCUT2D eigenvalue weighted by Crippen LogP contribution is 2.33. The van der Waals surface area contributed by atoms with Crippen LogP contribution >= 0.6 is 12.2 Å². The fourth-order valence-corrected chi connectivity index (χ4v) is 2.79. The molecule has 1 aliphatic carbocycles. The van der Waals surface area contributed by atoms with Crippen LogP contribution in [-0.4, -0.2) is 15.0 Å². The molecule has 0 radical (unpaired) electrons. The van der Waals surface area contributed by atoms with Gasteiger partial charge in [-0.15, -0.1) is 0 Å². The lowest BCUT2D eigenvalue weighted by Crippen LogP contribution is -2.01. The van der Waals surface area contributed by atoms with Crippen LogP contribution in [0.1, 0.15) is 37.3 Å². The monoisotopic (exact) mass is 275 g/mol. The number of aromatic amines is 1. The predicted molar refractivity (Wildman–Crippen MR) is 73.8 cm³/mol. The van der Waals surface area contributed by atoms with Crippen LogP contribution in [0.2, 0.25) is 0 Å². The van der Waals surface area contributed by atoms with Crippen LogP contribution in [0.25, 0.3) is 11.5 Å². The molecule has 0 atom stereocenters. The molecule has 0 aliphatic heterocycles. The summed E-state index contributed by atoms with van der Waals surface area (Å²) in [5, 5.41) is 0. The van der Waals surface area contributed by atoms with Gasteiger partial charge in [-0.3, -0.25) is 0 Å². The number of rotatable bonds is 2. The molecule has 2 heterocycles. The summed E-state index contributed by atoms with van der Waals surface area (Å²) < 4.78 is 13.5. The lowest BCUT2D eigenvalue weighted by molar-refractivity contribution is 0.621. The first-order chi connectivity index (χ1) is 9.22. The Morgan fingerprint density at radius 3 is 2.74 bits per heavy atom. The fourth-order valence-electron chi connectivity index (χ4n) is 2.57. The van der Waals surface area contributed by atoms with Gasteiger partial charge in [-0.2, -0.15) is 0 Å². The quantitative estimate of drug-likeness (QED) is 0.842. The third-order valence-electron chi connectivity index (χ3n) is 3.53. The highest BCUT2D eigenvalue weighted by Gasteiger charge is 2.18. The SMILES string of the molecule is Fc1ccc(-c2nc(=S)cc(C3CCCC3)[nH]2)nc1. The van der Waals surface area contributed by atoms with Crippen molar-refractivity contribution in [3.63, 3.8) is 0 Å². The average molecular weight is 275 g/mol. The molecule has 19 heavy (non-hydrogen) atoms. The number of hydrogen-bond donors (Lipinski definition) is 1. The van der Waals surface area contributed by atoms with Crippen LogP contribution in [0.5, 0.6) is 0 Å². The van der Waals surface area contributed by atoms with Crippen LogP contribution in [0, 0.1) is 10.5 Å². The Morgan fingerprint density at radius 2 is 2.05 bits per heavy atom. The Labute approximate surface area is 115 Å². The molecule has 5 heteroatoms. The summed E-state index contributed by atoms with van der Waals surface area (Å²) in [6, 6.07) is 4.92. The molecule has 3 nitrogen and oxygen atoms in total. The number of aromatic nitrogens is 3. The summed E-state index contributed by atoms with van der Waals surface area (Å²) in [5.41, 5.74) is 1.74. The van der Waals surface area contributed by atoms with Crippen molar-refractivity contribution >= 4 is 12.2 Å². The molecule has 1 aliphatic rings. The zero-order chi connectivity index (χ0) is 13.2. The minimum Gasteiger partial charge on any atom is -0.342 e. The van der Waals surface area contributed by atoms with E-state index in [1.165, 1.54) is 37.9 Å². The van der Waals surface area contributed by atoms with Crippen molar-refractivity contribution in [1.82, 2.24) is 15.0 Å². The van der Waals surface area contributed by atoms with E-state index in [0.717, 1.165) is 5.69 Å². The second kappa shape index (κ2) is 5.17. The summed E-state index contributed by atoms with van der Waals surface area (Å²) in [6.07, 6.45) is 6.09. The Hall–Kier alpha value is -1.62. The van der Waals surface area contributed by atoms with Crippen molar-refractivity contribution < 1.29 is 4.39 Å². The van der Waals surface area contributed by atoms with E-state index < -0.39 is 0 Å². The maximum Gasteiger partial charge on any atom is 0.157 e. The normalized spacial score (nSPS) is 15.8. The van der Waals surface area contributed by atoms with Crippen molar-refractivity contribution in [3.05, 3.63) is 40.5 Å². The highest BCUT2D eigenvalue weighted by atomic mass is 32.1. The topological polar surface area (TPSA) is 41.6 Å². The fraction of sp³-hybridized carbons (Fsp3) is 0.357. The molecular formula is C14H14FN3S. The Kier molecular flexibility index (Phi) is 3.38.